The fraction of sp³-hybridized carbons (Fsp3) is 0.208. The van der Waals surface area contributed by atoms with Crippen molar-refractivity contribution in [1.82, 2.24) is 4.90 Å². The summed E-state index contributed by atoms with van der Waals surface area (Å²) in [6.07, 6.45) is 0. The van der Waals surface area contributed by atoms with Gasteiger partial charge in [0.1, 0.15) is 5.82 Å². The molecule has 0 aromatic heterocycles. The van der Waals surface area contributed by atoms with E-state index in [1.54, 1.807) is 23.1 Å². The highest BCUT2D eigenvalue weighted by atomic mass is 19.1. The Morgan fingerprint density at radius 1 is 0.857 bits per heavy atom. The second-order valence-electron chi connectivity index (χ2n) is 7.19. The fourth-order valence-corrected chi connectivity index (χ4v) is 3.40. The van der Waals surface area contributed by atoms with Gasteiger partial charge in [0.25, 0.3) is 5.91 Å². The van der Waals surface area contributed by atoms with Crippen molar-refractivity contribution in [1.29, 1.82) is 0 Å². The summed E-state index contributed by atoms with van der Waals surface area (Å²) in [7, 11) is 0. The van der Waals surface area contributed by atoms with Crippen molar-refractivity contribution in [2.24, 2.45) is 5.73 Å². The van der Waals surface area contributed by atoms with Crippen LogP contribution in [0.1, 0.15) is 38.2 Å². The molecule has 0 saturated carbocycles. The maximum Gasteiger partial charge on any atom is 0.254 e. The number of amides is 1. The molecule has 3 rings (SSSR count). The van der Waals surface area contributed by atoms with E-state index in [0.29, 0.717) is 25.2 Å². The van der Waals surface area contributed by atoms with Gasteiger partial charge in [-0.25, -0.2) is 4.39 Å². The molecule has 0 unspecified atom stereocenters. The van der Waals surface area contributed by atoms with Crippen LogP contribution in [0.3, 0.4) is 0 Å². The summed E-state index contributed by atoms with van der Waals surface area (Å²) in [6.45, 7) is 5.36. The molecule has 0 aliphatic rings. The molecule has 0 fully saturated rings. The first kappa shape index (κ1) is 19.8. The number of hydrogen-bond acceptors (Lipinski definition) is 2. The number of carbonyl (C=O) groups is 1. The minimum absolute atomic E-state index is 0.0706. The maximum atomic E-state index is 13.3. The number of hydrogen-bond donors (Lipinski definition) is 1. The van der Waals surface area contributed by atoms with Crippen molar-refractivity contribution in [2.75, 3.05) is 0 Å². The summed E-state index contributed by atoms with van der Waals surface area (Å²) in [4.78, 5) is 15.1. The molecule has 4 heteroatoms. The first-order valence-corrected chi connectivity index (χ1v) is 9.34. The minimum atomic E-state index is -0.286. The molecule has 0 aliphatic carbocycles. The quantitative estimate of drug-likeness (QED) is 0.675. The topological polar surface area (TPSA) is 46.3 Å². The van der Waals surface area contributed by atoms with Crippen LogP contribution in [0, 0.1) is 19.7 Å². The van der Waals surface area contributed by atoms with Gasteiger partial charge in [-0.3, -0.25) is 4.79 Å². The van der Waals surface area contributed by atoms with Crippen molar-refractivity contribution >= 4 is 5.91 Å². The van der Waals surface area contributed by atoms with Crippen LogP contribution >= 0.6 is 0 Å². The van der Waals surface area contributed by atoms with Crippen LogP contribution in [0.2, 0.25) is 0 Å². The Morgan fingerprint density at radius 2 is 1.50 bits per heavy atom. The van der Waals surface area contributed by atoms with Crippen LogP contribution < -0.4 is 5.73 Å². The summed E-state index contributed by atoms with van der Waals surface area (Å²) in [5.74, 6) is -0.356. The van der Waals surface area contributed by atoms with E-state index in [1.807, 2.05) is 32.0 Å². The smallest absolute Gasteiger partial charge is 0.254 e. The highest BCUT2D eigenvalue weighted by Crippen LogP contribution is 2.18. The highest BCUT2D eigenvalue weighted by molar-refractivity contribution is 5.94. The zero-order valence-electron chi connectivity index (χ0n) is 16.3. The average molecular weight is 376 g/mol. The van der Waals surface area contributed by atoms with Gasteiger partial charge in [0, 0.05) is 25.2 Å². The molecule has 0 bridgehead atoms. The predicted molar refractivity (Wildman–Crippen MR) is 110 cm³/mol. The Morgan fingerprint density at radius 3 is 2.14 bits per heavy atom. The van der Waals surface area contributed by atoms with Gasteiger partial charge in [0.2, 0.25) is 0 Å². The minimum Gasteiger partial charge on any atom is -0.330 e. The van der Waals surface area contributed by atoms with Gasteiger partial charge >= 0.3 is 0 Å². The lowest BCUT2D eigenvalue weighted by molar-refractivity contribution is 0.0730. The van der Waals surface area contributed by atoms with Crippen molar-refractivity contribution in [3.63, 3.8) is 0 Å². The zero-order chi connectivity index (χ0) is 20.1. The lowest BCUT2D eigenvalue weighted by Gasteiger charge is -2.24. The van der Waals surface area contributed by atoms with Crippen LogP contribution in [0.25, 0.3) is 0 Å². The van der Waals surface area contributed by atoms with Crippen molar-refractivity contribution < 1.29 is 9.18 Å². The van der Waals surface area contributed by atoms with Crippen molar-refractivity contribution in [3.05, 3.63) is 106 Å². The Hall–Kier alpha value is -2.98. The molecule has 0 atom stereocenters. The summed E-state index contributed by atoms with van der Waals surface area (Å²) >= 11 is 0. The van der Waals surface area contributed by atoms with Crippen LogP contribution in [-0.4, -0.2) is 10.8 Å². The molecule has 0 saturated heterocycles. The zero-order valence-corrected chi connectivity index (χ0v) is 16.3. The Balaban J connectivity index is 1.92. The first-order chi connectivity index (χ1) is 13.4. The Bertz CT molecular complexity index is 946. The van der Waals surface area contributed by atoms with E-state index in [4.69, 9.17) is 5.73 Å². The van der Waals surface area contributed by atoms with E-state index in [1.165, 1.54) is 12.1 Å². The van der Waals surface area contributed by atoms with E-state index in [9.17, 15) is 9.18 Å². The maximum absolute atomic E-state index is 13.3. The van der Waals surface area contributed by atoms with Crippen molar-refractivity contribution in [3.8, 4) is 0 Å². The van der Waals surface area contributed by atoms with Crippen molar-refractivity contribution in [2.45, 2.75) is 33.5 Å². The van der Waals surface area contributed by atoms with Crippen LogP contribution in [0.5, 0.6) is 0 Å². The number of nitrogens with two attached hydrogens (primary N) is 1. The molecule has 1 amide bonds. The molecular weight excluding hydrogens is 351 g/mol. The van der Waals surface area contributed by atoms with Gasteiger partial charge in [0.05, 0.1) is 0 Å². The molecule has 0 radical (unpaired) electrons. The second kappa shape index (κ2) is 8.81. The molecule has 0 heterocycles. The molecule has 0 spiro atoms. The average Bonchev–Trinajstić information content (AvgIpc) is 2.68. The van der Waals surface area contributed by atoms with E-state index >= 15 is 0 Å². The SMILES string of the molecule is Cc1cc(C)cc(CN(Cc2ccc(F)cc2)C(=O)c2cccc(CN)c2)c1. The highest BCUT2D eigenvalue weighted by Gasteiger charge is 2.17. The molecule has 2 N–H and O–H groups in total. The van der Waals surface area contributed by atoms with Crippen LogP contribution in [0.4, 0.5) is 4.39 Å². The Labute approximate surface area is 165 Å². The number of nitrogens with zero attached hydrogens (tertiary/aromatic N) is 1. The van der Waals surface area contributed by atoms with Crippen LogP contribution in [0.15, 0.2) is 66.7 Å². The number of carbonyl (C=O) groups excluding carboxylic acids is 1. The van der Waals surface area contributed by atoms with Gasteiger partial charge < -0.3 is 10.6 Å². The monoisotopic (exact) mass is 376 g/mol. The number of aryl methyl sites for hydroxylation is 2. The van der Waals surface area contributed by atoms with E-state index < -0.39 is 0 Å². The molecule has 144 valence electrons. The van der Waals surface area contributed by atoms with E-state index in [2.05, 4.69) is 18.2 Å². The lowest BCUT2D eigenvalue weighted by atomic mass is 10.1. The third-order valence-electron chi connectivity index (χ3n) is 4.64. The van der Waals surface area contributed by atoms with Gasteiger partial charge in [0.15, 0.2) is 0 Å². The third kappa shape index (κ3) is 5.05. The standard InChI is InChI=1S/C24H25FN2O/c1-17-10-18(2)12-21(11-17)16-27(15-19-6-8-23(25)9-7-19)24(28)22-5-3-4-20(13-22)14-26/h3-13H,14-16,26H2,1-2H3. The van der Waals surface area contributed by atoms with Gasteiger partial charge in [-0.15, -0.1) is 0 Å². The van der Waals surface area contributed by atoms with Gasteiger partial charge in [-0.2, -0.15) is 0 Å². The number of halogens is 1. The molecule has 3 aromatic carbocycles. The molecular formula is C24H25FN2O. The second-order valence-corrected chi connectivity index (χ2v) is 7.19. The third-order valence-corrected chi connectivity index (χ3v) is 4.64. The van der Waals surface area contributed by atoms with E-state index in [0.717, 1.165) is 27.8 Å². The summed E-state index contributed by atoms with van der Waals surface area (Å²) in [5, 5.41) is 0. The van der Waals surface area contributed by atoms with Crippen LogP contribution in [-0.2, 0) is 19.6 Å². The Kier molecular flexibility index (Phi) is 6.22. The molecule has 28 heavy (non-hydrogen) atoms. The summed E-state index contributed by atoms with van der Waals surface area (Å²) < 4.78 is 13.3. The number of benzene rings is 3. The first-order valence-electron chi connectivity index (χ1n) is 9.34. The largest absolute Gasteiger partial charge is 0.330 e. The van der Waals surface area contributed by atoms with Gasteiger partial charge in [-0.05, 0) is 54.8 Å². The predicted octanol–water partition coefficient (Wildman–Crippen LogP) is 4.74. The molecule has 0 aliphatic heterocycles. The number of rotatable bonds is 6. The summed E-state index contributed by atoms with van der Waals surface area (Å²) in [5.41, 5.74) is 11.5. The molecule has 3 nitrogen and oxygen atoms in total. The lowest BCUT2D eigenvalue weighted by Crippen LogP contribution is -2.30. The fourth-order valence-electron chi connectivity index (χ4n) is 3.40. The van der Waals surface area contributed by atoms with Gasteiger partial charge in [-0.1, -0.05) is 53.6 Å². The van der Waals surface area contributed by atoms with E-state index in [-0.39, 0.29) is 11.7 Å². The normalized spacial score (nSPS) is 10.7. The molecule has 3 aromatic rings. The summed E-state index contributed by atoms with van der Waals surface area (Å²) in [6, 6.07) is 20.0.